The molecule has 0 fully saturated rings. The number of aromatic nitrogens is 2. The average Bonchev–Trinajstić information content (AvgIpc) is 3.27. The van der Waals surface area contributed by atoms with E-state index in [0.717, 1.165) is 58.1 Å². The molecule has 3 aromatic carbocycles. The van der Waals surface area contributed by atoms with Crippen LogP contribution in [0.3, 0.4) is 0 Å². The van der Waals surface area contributed by atoms with Crippen molar-refractivity contribution < 1.29 is 0 Å². The summed E-state index contributed by atoms with van der Waals surface area (Å²) in [6.07, 6.45) is 0.860. The Bertz CT molecular complexity index is 1630. The number of halogens is 1. The normalized spacial score (nSPS) is 13.7. The van der Waals surface area contributed by atoms with Crippen LogP contribution in [0.15, 0.2) is 88.8 Å². The Morgan fingerprint density at radius 3 is 2.54 bits per heavy atom. The fourth-order valence-corrected chi connectivity index (χ4v) is 7.43. The highest BCUT2D eigenvalue weighted by atomic mass is 35.5. The van der Waals surface area contributed by atoms with Crippen LogP contribution in [-0.2, 0) is 25.3 Å². The van der Waals surface area contributed by atoms with Gasteiger partial charge in [-0.15, -0.1) is 11.3 Å². The van der Waals surface area contributed by atoms with Crippen LogP contribution in [0.25, 0.3) is 15.9 Å². The van der Waals surface area contributed by atoms with Crippen molar-refractivity contribution in [1.82, 2.24) is 14.5 Å². The molecular weight excluding hydrogens is 518 g/mol. The van der Waals surface area contributed by atoms with E-state index in [0.29, 0.717) is 10.9 Å². The van der Waals surface area contributed by atoms with Crippen LogP contribution in [-0.4, -0.2) is 21.0 Å². The van der Waals surface area contributed by atoms with E-state index in [1.165, 1.54) is 16.0 Å². The molecule has 4 nitrogen and oxygen atoms in total. The van der Waals surface area contributed by atoms with Crippen molar-refractivity contribution in [2.45, 2.75) is 37.3 Å². The Labute approximate surface area is 229 Å². The molecule has 0 N–H and O–H groups in total. The summed E-state index contributed by atoms with van der Waals surface area (Å²) in [6.45, 7) is 4.74. The number of thiophene rings is 1. The van der Waals surface area contributed by atoms with Crippen LogP contribution >= 0.6 is 34.7 Å². The van der Waals surface area contributed by atoms with Gasteiger partial charge in [0.25, 0.3) is 5.56 Å². The quantitative estimate of drug-likeness (QED) is 0.167. The number of fused-ring (bicyclic) bond motifs is 3. The Morgan fingerprint density at radius 2 is 1.76 bits per heavy atom. The first kappa shape index (κ1) is 24.4. The van der Waals surface area contributed by atoms with Gasteiger partial charge >= 0.3 is 0 Å². The lowest BCUT2D eigenvalue weighted by Crippen LogP contribution is -2.30. The van der Waals surface area contributed by atoms with Gasteiger partial charge in [0.1, 0.15) is 4.83 Å². The van der Waals surface area contributed by atoms with Gasteiger partial charge in [0, 0.05) is 35.3 Å². The minimum atomic E-state index is 0.0181. The molecule has 186 valence electrons. The Morgan fingerprint density at radius 1 is 1.00 bits per heavy atom. The minimum absolute atomic E-state index is 0.0181. The van der Waals surface area contributed by atoms with Gasteiger partial charge in [-0.3, -0.25) is 14.3 Å². The van der Waals surface area contributed by atoms with E-state index in [-0.39, 0.29) is 5.56 Å². The van der Waals surface area contributed by atoms with E-state index < -0.39 is 0 Å². The molecule has 0 aliphatic carbocycles. The van der Waals surface area contributed by atoms with Crippen molar-refractivity contribution >= 4 is 44.9 Å². The van der Waals surface area contributed by atoms with E-state index in [1.54, 1.807) is 27.7 Å². The Kier molecular flexibility index (Phi) is 6.91. The van der Waals surface area contributed by atoms with Gasteiger partial charge in [-0.25, -0.2) is 4.98 Å². The summed E-state index contributed by atoms with van der Waals surface area (Å²) in [5.41, 5.74) is 5.52. The number of hydrogen-bond acceptors (Lipinski definition) is 5. The molecule has 0 atom stereocenters. The van der Waals surface area contributed by atoms with E-state index in [9.17, 15) is 4.79 Å². The van der Waals surface area contributed by atoms with Crippen LogP contribution < -0.4 is 5.56 Å². The SMILES string of the molecule is Cc1ccc(-n2c(SCc3ccccc3Cl)nc3sc4c(c3c2=O)CCN(Cc2ccccc2)C4)cc1. The molecule has 0 unspecified atom stereocenters. The van der Waals surface area contributed by atoms with Crippen molar-refractivity contribution in [2.75, 3.05) is 6.54 Å². The van der Waals surface area contributed by atoms with Gasteiger partial charge in [0.05, 0.1) is 11.1 Å². The van der Waals surface area contributed by atoms with Crippen molar-refractivity contribution in [1.29, 1.82) is 0 Å². The van der Waals surface area contributed by atoms with E-state index >= 15 is 0 Å². The van der Waals surface area contributed by atoms with Crippen molar-refractivity contribution in [3.63, 3.8) is 0 Å². The summed E-state index contributed by atoms with van der Waals surface area (Å²) in [4.78, 5) is 23.7. The highest BCUT2D eigenvalue weighted by Crippen LogP contribution is 2.35. The third-order valence-electron chi connectivity index (χ3n) is 6.78. The molecule has 0 saturated carbocycles. The molecule has 1 aliphatic rings. The molecule has 37 heavy (non-hydrogen) atoms. The molecule has 3 heterocycles. The second kappa shape index (κ2) is 10.5. The van der Waals surface area contributed by atoms with Gasteiger partial charge in [-0.2, -0.15) is 0 Å². The summed E-state index contributed by atoms with van der Waals surface area (Å²) in [7, 11) is 0. The number of benzene rings is 3. The lowest BCUT2D eigenvalue weighted by Gasteiger charge is -2.26. The monoisotopic (exact) mass is 543 g/mol. The van der Waals surface area contributed by atoms with Crippen LogP contribution in [0.1, 0.15) is 27.1 Å². The number of hydrogen-bond donors (Lipinski definition) is 0. The predicted molar refractivity (Wildman–Crippen MR) is 155 cm³/mol. The zero-order chi connectivity index (χ0) is 25.4. The molecule has 6 rings (SSSR count). The van der Waals surface area contributed by atoms with Crippen molar-refractivity contribution in [2.24, 2.45) is 0 Å². The van der Waals surface area contributed by atoms with Crippen LogP contribution in [0.2, 0.25) is 5.02 Å². The smallest absolute Gasteiger partial charge is 0.267 e. The minimum Gasteiger partial charge on any atom is -0.294 e. The lowest BCUT2D eigenvalue weighted by molar-refractivity contribution is 0.249. The first-order valence-corrected chi connectivity index (χ1v) is 14.5. The van der Waals surface area contributed by atoms with E-state index in [2.05, 4.69) is 42.2 Å². The summed E-state index contributed by atoms with van der Waals surface area (Å²) in [6, 6.07) is 26.5. The molecular formula is C30H26ClN3OS2. The average molecular weight is 544 g/mol. The molecule has 0 bridgehead atoms. The van der Waals surface area contributed by atoms with Gasteiger partial charge in [-0.05, 0) is 48.2 Å². The summed E-state index contributed by atoms with van der Waals surface area (Å²) in [5.74, 6) is 0.638. The molecule has 7 heteroatoms. The van der Waals surface area contributed by atoms with Crippen LogP contribution in [0.4, 0.5) is 0 Å². The largest absolute Gasteiger partial charge is 0.294 e. The van der Waals surface area contributed by atoms with Crippen LogP contribution in [0, 0.1) is 6.92 Å². The number of rotatable bonds is 6. The molecule has 0 spiro atoms. The zero-order valence-electron chi connectivity index (χ0n) is 20.5. The highest BCUT2D eigenvalue weighted by molar-refractivity contribution is 7.98. The Balaban J connectivity index is 1.40. The second-order valence-electron chi connectivity index (χ2n) is 9.38. The van der Waals surface area contributed by atoms with Crippen molar-refractivity contribution in [3.05, 3.63) is 121 Å². The third kappa shape index (κ3) is 4.99. The predicted octanol–water partition coefficient (Wildman–Crippen LogP) is 7.26. The summed E-state index contributed by atoms with van der Waals surface area (Å²) >= 11 is 9.65. The van der Waals surface area contributed by atoms with Crippen molar-refractivity contribution in [3.8, 4) is 5.69 Å². The lowest BCUT2D eigenvalue weighted by atomic mass is 10.0. The maximum absolute atomic E-state index is 14.1. The maximum atomic E-state index is 14.1. The summed E-state index contributed by atoms with van der Waals surface area (Å²) < 4.78 is 1.78. The van der Waals surface area contributed by atoms with E-state index in [4.69, 9.17) is 16.6 Å². The topological polar surface area (TPSA) is 38.1 Å². The molecule has 2 aromatic heterocycles. The number of aryl methyl sites for hydroxylation is 1. The number of thioether (sulfide) groups is 1. The molecule has 1 aliphatic heterocycles. The maximum Gasteiger partial charge on any atom is 0.267 e. The molecule has 0 amide bonds. The fraction of sp³-hybridized carbons (Fsp3) is 0.200. The second-order valence-corrected chi connectivity index (χ2v) is 11.8. The van der Waals surface area contributed by atoms with Gasteiger partial charge in [0.15, 0.2) is 5.16 Å². The van der Waals surface area contributed by atoms with Gasteiger partial charge in [-0.1, -0.05) is 89.6 Å². The van der Waals surface area contributed by atoms with Gasteiger partial charge in [0.2, 0.25) is 0 Å². The first-order valence-electron chi connectivity index (χ1n) is 12.3. The number of nitrogens with zero attached hydrogens (tertiary/aromatic N) is 3. The standard InChI is InChI=1S/C30H26ClN3OS2/c1-20-11-13-23(14-12-20)34-29(35)27-24-15-16-33(17-21-7-3-2-4-8-21)18-26(24)37-28(27)32-30(34)36-19-22-9-5-6-10-25(22)31/h2-14H,15-19H2,1H3. The van der Waals surface area contributed by atoms with Gasteiger partial charge < -0.3 is 0 Å². The van der Waals surface area contributed by atoms with E-state index in [1.807, 2.05) is 48.5 Å². The zero-order valence-corrected chi connectivity index (χ0v) is 22.9. The molecule has 0 saturated heterocycles. The molecule has 5 aromatic rings. The Hall–Kier alpha value is -2.90. The first-order chi connectivity index (χ1) is 18.1. The third-order valence-corrected chi connectivity index (χ3v) is 9.25. The molecule has 0 radical (unpaired) electrons. The van der Waals surface area contributed by atoms with Crippen LogP contribution in [0.5, 0.6) is 0 Å². The summed E-state index contributed by atoms with van der Waals surface area (Å²) in [5, 5.41) is 2.20. The fourth-order valence-electron chi connectivity index (χ4n) is 4.83. The highest BCUT2D eigenvalue weighted by Gasteiger charge is 2.26.